The number of halogens is 4. The molecule has 1 fully saturated rings. The summed E-state index contributed by atoms with van der Waals surface area (Å²) < 4.78 is 43.4. The van der Waals surface area contributed by atoms with Crippen molar-refractivity contribution in [1.29, 1.82) is 0 Å². The van der Waals surface area contributed by atoms with Crippen LogP contribution in [0, 0.1) is 0 Å². The molecule has 3 N–H and O–H groups in total. The minimum Gasteiger partial charge on any atom is -0.381 e. The summed E-state index contributed by atoms with van der Waals surface area (Å²) in [5.74, 6) is 0. The predicted molar refractivity (Wildman–Crippen MR) is 71.9 cm³/mol. The Morgan fingerprint density at radius 1 is 1.40 bits per heavy atom. The van der Waals surface area contributed by atoms with Gasteiger partial charge in [0.1, 0.15) is 0 Å². The van der Waals surface area contributed by atoms with Crippen LogP contribution in [-0.4, -0.2) is 25.3 Å². The molecule has 1 aromatic rings. The van der Waals surface area contributed by atoms with Gasteiger partial charge in [-0.05, 0) is 31.0 Å². The Labute approximate surface area is 120 Å². The number of ether oxygens (including phenoxy) is 1. The number of anilines is 1. The first kappa shape index (κ1) is 15.4. The quantitative estimate of drug-likeness (QED) is 0.897. The van der Waals surface area contributed by atoms with Crippen molar-refractivity contribution < 1.29 is 17.9 Å². The molecular weight excluding hydrogens is 293 g/mol. The molecule has 0 unspecified atom stereocenters. The van der Waals surface area contributed by atoms with E-state index < -0.39 is 17.3 Å². The van der Waals surface area contributed by atoms with E-state index in [1.807, 2.05) is 0 Å². The van der Waals surface area contributed by atoms with Gasteiger partial charge in [0.25, 0.3) is 0 Å². The predicted octanol–water partition coefficient (Wildman–Crippen LogP) is 3.28. The van der Waals surface area contributed by atoms with Crippen molar-refractivity contribution in [2.24, 2.45) is 5.73 Å². The minimum atomic E-state index is -4.42. The first-order valence-electron chi connectivity index (χ1n) is 6.17. The number of hydrogen-bond donors (Lipinski definition) is 2. The number of nitrogens with two attached hydrogens (primary N) is 1. The van der Waals surface area contributed by atoms with Crippen LogP contribution in [0.15, 0.2) is 18.2 Å². The van der Waals surface area contributed by atoms with Gasteiger partial charge in [0.05, 0.1) is 17.2 Å². The summed E-state index contributed by atoms with van der Waals surface area (Å²) in [4.78, 5) is 0. The van der Waals surface area contributed by atoms with Crippen LogP contribution in [0.4, 0.5) is 18.9 Å². The highest BCUT2D eigenvalue weighted by atomic mass is 35.5. The Bertz CT molecular complexity index is 487. The lowest BCUT2D eigenvalue weighted by atomic mass is 9.74. The van der Waals surface area contributed by atoms with E-state index >= 15 is 0 Å². The lowest BCUT2D eigenvalue weighted by molar-refractivity contribution is -0.137. The number of alkyl halides is 3. The SMILES string of the molecule is COC1CC(CN)(Nc2cc(Cl)cc(C(F)(F)F)c2)C1. The molecule has 0 radical (unpaired) electrons. The van der Waals surface area contributed by atoms with Gasteiger partial charge in [-0.3, -0.25) is 0 Å². The fourth-order valence-electron chi connectivity index (χ4n) is 2.43. The fourth-order valence-corrected chi connectivity index (χ4v) is 2.67. The van der Waals surface area contributed by atoms with Crippen LogP contribution >= 0.6 is 11.6 Å². The summed E-state index contributed by atoms with van der Waals surface area (Å²) >= 11 is 5.75. The highest BCUT2D eigenvalue weighted by Crippen LogP contribution is 2.39. The minimum absolute atomic E-state index is 0.0390. The third kappa shape index (κ3) is 3.19. The molecule has 1 aliphatic rings. The monoisotopic (exact) mass is 308 g/mol. The number of nitrogens with one attached hydrogen (secondary N) is 1. The van der Waals surface area contributed by atoms with Crippen LogP contribution in [0.1, 0.15) is 18.4 Å². The van der Waals surface area contributed by atoms with Crippen molar-refractivity contribution in [1.82, 2.24) is 0 Å². The maximum absolute atomic E-state index is 12.7. The zero-order valence-corrected chi connectivity index (χ0v) is 11.7. The Morgan fingerprint density at radius 2 is 2.05 bits per heavy atom. The summed E-state index contributed by atoms with van der Waals surface area (Å²) in [6.07, 6.45) is -3.01. The summed E-state index contributed by atoms with van der Waals surface area (Å²) in [7, 11) is 1.60. The van der Waals surface area contributed by atoms with Crippen molar-refractivity contribution in [3.05, 3.63) is 28.8 Å². The molecule has 0 aromatic heterocycles. The van der Waals surface area contributed by atoms with Crippen molar-refractivity contribution in [2.75, 3.05) is 19.0 Å². The highest BCUT2D eigenvalue weighted by molar-refractivity contribution is 6.30. The molecule has 0 spiro atoms. The summed E-state index contributed by atoms with van der Waals surface area (Å²) in [6, 6.07) is 3.42. The summed E-state index contributed by atoms with van der Waals surface area (Å²) in [5.41, 5.74) is 4.85. The van der Waals surface area contributed by atoms with E-state index in [4.69, 9.17) is 22.1 Å². The molecule has 1 aromatic carbocycles. The molecule has 1 saturated carbocycles. The van der Waals surface area contributed by atoms with Crippen LogP contribution in [0.3, 0.4) is 0 Å². The first-order chi connectivity index (χ1) is 9.28. The smallest absolute Gasteiger partial charge is 0.381 e. The van der Waals surface area contributed by atoms with Gasteiger partial charge in [-0.2, -0.15) is 13.2 Å². The van der Waals surface area contributed by atoms with Gasteiger partial charge in [0, 0.05) is 24.4 Å². The first-order valence-corrected chi connectivity index (χ1v) is 6.55. The summed E-state index contributed by atoms with van der Waals surface area (Å²) in [5, 5.41) is 3.11. The van der Waals surface area contributed by atoms with E-state index in [1.54, 1.807) is 7.11 Å². The maximum atomic E-state index is 12.7. The molecule has 20 heavy (non-hydrogen) atoms. The third-order valence-corrected chi connectivity index (χ3v) is 3.81. The molecule has 0 aliphatic heterocycles. The van der Waals surface area contributed by atoms with E-state index in [9.17, 15) is 13.2 Å². The zero-order chi connectivity index (χ0) is 15.0. The summed E-state index contributed by atoms with van der Waals surface area (Å²) in [6.45, 7) is 0.320. The Morgan fingerprint density at radius 3 is 2.55 bits per heavy atom. The number of hydrogen-bond acceptors (Lipinski definition) is 3. The van der Waals surface area contributed by atoms with Crippen LogP contribution in [0.2, 0.25) is 5.02 Å². The van der Waals surface area contributed by atoms with Gasteiger partial charge in [0.15, 0.2) is 0 Å². The average molecular weight is 309 g/mol. The lowest BCUT2D eigenvalue weighted by Crippen LogP contribution is -2.58. The van der Waals surface area contributed by atoms with E-state index in [2.05, 4.69) is 5.32 Å². The van der Waals surface area contributed by atoms with Gasteiger partial charge in [0.2, 0.25) is 0 Å². The Balaban J connectivity index is 2.19. The third-order valence-electron chi connectivity index (χ3n) is 3.60. The molecule has 1 aliphatic carbocycles. The second kappa shape index (κ2) is 5.42. The molecule has 112 valence electrons. The van der Waals surface area contributed by atoms with E-state index in [1.165, 1.54) is 6.07 Å². The molecule has 3 nitrogen and oxygen atoms in total. The van der Waals surface area contributed by atoms with E-state index in [-0.39, 0.29) is 11.1 Å². The van der Waals surface area contributed by atoms with Crippen LogP contribution < -0.4 is 11.1 Å². The van der Waals surface area contributed by atoms with Gasteiger partial charge in [-0.15, -0.1) is 0 Å². The molecule has 7 heteroatoms. The molecule has 0 bridgehead atoms. The molecule has 0 atom stereocenters. The van der Waals surface area contributed by atoms with Crippen molar-refractivity contribution >= 4 is 17.3 Å². The Hall–Kier alpha value is -0.980. The fraction of sp³-hybridized carbons (Fsp3) is 0.538. The second-order valence-electron chi connectivity index (χ2n) is 5.10. The van der Waals surface area contributed by atoms with E-state index in [0.717, 1.165) is 12.1 Å². The topological polar surface area (TPSA) is 47.3 Å². The largest absolute Gasteiger partial charge is 0.416 e. The van der Waals surface area contributed by atoms with Gasteiger partial charge < -0.3 is 15.8 Å². The lowest BCUT2D eigenvalue weighted by Gasteiger charge is -2.47. The van der Waals surface area contributed by atoms with Gasteiger partial charge >= 0.3 is 6.18 Å². The van der Waals surface area contributed by atoms with Gasteiger partial charge in [-0.1, -0.05) is 11.6 Å². The Kier molecular flexibility index (Phi) is 4.18. The molecule has 0 saturated heterocycles. The van der Waals surface area contributed by atoms with Crippen LogP contribution in [0.25, 0.3) is 0 Å². The highest BCUT2D eigenvalue weighted by Gasteiger charge is 2.43. The van der Waals surface area contributed by atoms with Crippen LogP contribution in [-0.2, 0) is 10.9 Å². The number of benzene rings is 1. The normalized spacial score (nSPS) is 26.2. The average Bonchev–Trinajstić information content (AvgIpc) is 2.31. The second-order valence-corrected chi connectivity index (χ2v) is 5.54. The van der Waals surface area contributed by atoms with E-state index in [0.29, 0.717) is 25.1 Å². The maximum Gasteiger partial charge on any atom is 0.416 e. The standard InChI is InChI=1S/C13H16ClF3N2O/c1-20-11-5-12(6-11,7-18)19-10-3-8(13(15,16)17)2-9(14)4-10/h2-4,11,19H,5-7,18H2,1H3. The molecule has 0 heterocycles. The van der Waals surface area contributed by atoms with Crippen molar-refractivity contribution in [2.45, 2.75) is 30.7 Å². The van der Waals surface area contributed by atoms with Crippen molar-refractivity contribution in [3.63, 3.8) is 0 Å². The zero-order valence-electron chi connectivity index (χ0n) is 10.9. The molecular formula is C13H16ClF3N2O. The number of methoxy groups -OCH3 is 1. The van der Waals surface area contributed by atoms with Gasteiger partial charge in [-0.25, -0.2) is 0 Å². The number of rotatable bonds is 4. The van der Waals surface area contributed by atoms with Crippen molar-refractivity contribution in [3.8, 4) is 0 Å². The molecule has 2 rings (SSSR count). The van der Waals surface area contributed by atoms with Crippen LogP contribution in [0.5, 0.6) is 0 Å². The molecule has 0 amide bonds.